The molecule has 0 saturated heterocycles. The van der Waals surface area contributed by atoms with Gasteiger partial charge < -0.3 is 0 Å². The first-order valence-electron chi connectivity index (χ1n) is 4.66. The Balaban J connectivity index is 3.23. The van der Waals surface area contributed by atoms with Gasteiger partial charge in [-0.2, -0.15) is 0 Å². The summed E-state index contributed by atoms with van der Waals surface area (Å²) in [4.78, 5) is 12.5. The lowest BCUT2D eigenvalue weighted by atomic mass is 10.1. The first-order chi connectivity index (χ1) is 8.00. The second kappa shape index (κ2) is 6.62. The minimum atomic E-state index is -0.561. The van der Waals surface area contributed by atoms with Gasteiger partial charge in [-0.3, -0.25) is 4.79 Å². The zero-order valence-electron chi connectivity index (χ0n) is 9.62. The van der Waals surface area contributed by atoms with Gasteiger partial charge in [0.2, 0.25) is 5.78 Å². The van der Waals surface area contributed by atoms with Crippen LogP contribution in [0.5, 0.6) is 0 Å². The van der Waals surface area contributed by atoms with E-state index in [1.165, 1.54) is 35.3 Å². The van der Waals surface area contributed by atoms with E-state index in [0.717, 1.165) is 0 Å². The molecule has 1 nitrogen and oxygen atoms in total. The lowest BCUT2D eigenvalue weighted by Gasteiger charge is -2.26. The largest absolute Gasteiger partial charge is 0.291 e. The summed E-state index contributed by atoms with van der Waals surface area (Å²) in [6, 6.07) is 4.96. The predicted octanol–water partition coefficient (Wildman–Crippen LogP) is 4.92. The molecule has 0 aliphatic carbocycles. The van der Waals surface area contributed by atoms with Crippen LogP contribution < -0.4 is 0 Å². The van der Waals surface area contributed by atoms with Gasteiger partial charge in [-0.15, -0.1) is 35.3 Å². The van der Waals surface area contributed by atoms with Gasteiger partial charge in [-0.1, -0.05) is 23.2 Å². The zero-order chi connectivity index (χ0) is 13.1. The van der Waals surface area contributed by atoms with Crippen molar-refractivity contribution in [3.8, 4) is 0 Å². The summed E-state index contributed by atoms with van der Waals surface area (Å²) in [5, 5.41) is 0.968. The van der Waals surface area contributed by atoms with Gasteiger partial charge in [0.05, 0.1) is 5.02 Å². The van der Waals surface area contributed by atoms with Crippen LogP contribution in [0.15, 0.2) is 18.2 Å². The monoisotopic (exact) mass is 326 g/mol. The molecule has 0 atom stereocenters. The van der Waals surface area contributed by atoms with Crippen molar-refractivity contribution in [2.45, 2.75) is 3.41 Å². The van der Waals surface area contributed by atoms with Crippen LogP contribution in [-0.4, -0.2) is 28.0 Å². The number of ketones is 1. The molecule has 0 aliphatic rings. The number of Topliss-reactive ketones (excluding diaryl/α,β-unsaturated/α-hetero) is 1. The van der Waals surface area contributed by atoms with Crippen LogP contribution in [0.25, 0.3) is 0 Å². The molecule has 0 N–H and O–H groups in total. The molecular weight excluding hydrogens is 315 g/mol. The predicted molar refractivity (Wildman–Crippen MR) is 84.1 cm³/mol. The lowest BCUT2D eigenvalue weighted by molar-refractivity contribution is 0.100. The normalized spacial score (nSPS) is 11.6. The number of benzene rings is 1. The quantitative estimate of drug-likeness (QED) is 0.564. The molecule has 1 aromatic carbocycles. The summed E-state index contributed by atoms with van der Waals surface area (Å²) in [5.74, 6) is -0.00231. The molecule has 0 heterocycles. The average Bonchev–Trinajstić information content (AvgIpc) is 2.35. The molecule has 0 aliphatic heterocycles. The second-order valence-corrected chi connectivity index (χ2v) is 7.80. The lowest BCUT2D eigenvalue weighted by Crippen LogP contribution is -2.27. The van der Waals surface area contributed by atoms with Crippen molar-refractivity contribution >= 4 is 64.3 Å². The van der Waals surface area contributed by atoms with Crippen LogP contribution in [-0.2, 0) is 0 Å². The number of hydrogen-bond acceptors (Lipinski definition) is 4. The Bertz CT molecular complexity index is 411. The van der Waals surface area contributed by atoms with Crippen molar-refractivity contribution < 1.29 is 4.79 Å². The number of rotatable bonds is 5. The molecule has 0 spiro atoms. The third-order valence-corrected chi connectivity index (χ3v) is 7.99. The number of carbonyl (C=O) groups excluding carboxylic acids is 1. The fourth-order valence-corrected chi connectivity index (χ4v) is 4.63. The van der Waals surface area contributed by atoms with Crippen molar-refractivity contribution in [1.82, 2.24) is 0 Å². The summed E-state index contributed by atoms with van der Waals surface area (Å²) in [6.07, 6.45) is 5.76. The Kier molecular flexibility index (Phi) is 6.06. The van der Waals surface area contributed by atoms with Crippen LogP contribution in [0.3, 0.4) is 0 Å². The Morgan fingerprint density at radius 2 is 1.65 bits per heavy atom. The maximum Gasteiger partial charge on any atom is 0.200 e. The van der Waals surface area contributed by atoms with Crippen LogP contribution in [0.1, 0.15) is 10.4 Å². The standard InChI is InChI=1S/C11H12Cl2OS3/c1-15-11(16-2,17-3)10(14)8-6-7(12)4-5-9(8)13/h4-6H,1-3H3. The maximum atomic E-state index is 12.5. The van der Waals surface area contributed by atoms with Crippen molar-refractivity contribution in [3.63, 3.8) is 0 Å². The minimum Gasteiger partial charge on any atom is -0.291 e. The fraction of sp³-hybridized carbons (Fsp3) is 0.364. The van der Waals surface area contributed by atoms with Gasteiger partial charge in [-0.25, -0.2) is 0 Å². The highest BCUT2D eigenvalue weighted by Gasteiger charge is 2.37. The van der Waals surface area contributed by atoms with E-state index in [2.05, 4.69) is 0 Å². The first-order valence-corrected chi connectivity index (χ1v) is 9.09. The van der Waals surface area contributed by atoms with Crippen molar-refractivity contribution in [2.75, 3.05) is 18.8 Å². The maximum absolute atomic E-state index is 12.5. The summed E-state index contributed by atoms with van der Waals surface area (Å²) in [7, 11) is 0. The molecule has 0 aromatic heterocycles. The molecule has 0 saturated carbocycles. The van der Waals surface area contributed by atoms with E-state index in [0.29, 0.717) is 15.6 Å². The highest BCUT2D eigenvalue weighted by molar-refractivity contribution is 8.34. The van der Waals surface area contributed by atoms with E-state index in [9.17, 15) is 4.79 Å². The van der Waals surface area contributed by atoms with Gasteiger partial charge in [0.1, 0.15) is 0 Å². The van der Waals surface area contributed by atoms with Crippen LogP contribution in [0.2, 0.25) is 10.0 Å². The van der Waals surface area contributed by atoms with Crippen molar-refractivity contribution in [1.29, 1.82) is 0 Å². The Morgan fingerprint density at radius 1 is 1.12 bits per heavy atom. The molecule has 0 fully saturated rings. The molecule has 1 aromatic rings. The third kappa shape index (κ3) is 3.29. The second-order valence-electron chi connectivity index (χ2n) is 3.12. The van der Waals surface area contributed by atoms with Gasteiger partial charge in [-0.05, 0) is 37.0 Å². The van der Waals surface area contributed by atoms with E-state index >= 15 is 0 Å². The smallest absolute Gasteiger partial charge is 0.200 e. The number of thioether (sulfide) groups is 3. The molecular formula is C11H12Cl2OS3. The van der Waals surface area contributed by atoms with Crippen LogP contribution >= 0.6 is 58.5 Å². The first kappa shape index (κ1) is 15.6. The average molecular weight is 327 g/mol. The summed E-state index contributed by atoms with van der Waals surface area (Å²) >= 11 is 16.5. The molecule has 94 valence electrons. The highest BCUT2D eigenvalue weighted by atomic mass is 35.5. The van der Waals surface area contributed by atoms with Crippen LogP contribution in [0.4, 0.5) is 0 Å². The minimum absolute atomic E-state index is 0.00231. The molecule has 0 bridgehead atoms. The number of hydrogen-bond donors (Lipinski definition) is 0. The zero-order valence-corrected chi connectivity index (χ0v) is 13.6. The summed E-state index contributed by atoms with van der Waals surface area (Å²) in [5.41, 5.74) is 0.484. The van der Waals surface area contributed by atoms with E-state index in [1.54, 1.807) is 18.2 Å². The SMILES string of the molecule is CSC(SC)(SC)C(=O)c1cc(Cl)ccc1Cl. The molecule has 1 rings (SSSR count). The molecule has 17 heavy (non-hydrogen) atoms. The van der Waals surface area contributed by atoms with Crippen molar-refractivity contribution in [3.05, 3.63) is 33.8 Å². The number of halogens is 2. The third-order valence-electron chi connectivity index (χ3n) is 2.26. The Labute approximate surface area is 124 Å². The van der Waals surface area contributed by atoms with Gasteiger partial charge in [0, 0.05) is 10.6 Å². The van der Waals surface area contributed by atoms with E-state index < -0.39 is 3.41 Å². The molecule has 6 heteroatoms. The van der Waals surface area contributed by atoms with E-state index in [1.807, 2.05) is 18.8 Å². The number of carbonyl (C=O) groups is 1. The topological polar surface area (TPSA) is 17.1 Å². The van der Waals surface area contributed by atoms with Gasteiger partial charge in [0.25, 0.3) is 0 Å². The molecule has 0 radical (unpaired) electrons. The Morgan fingerprint density at radius 3 is 2.12 bits per heavy atom. The van der Waals surface area contributed by atoms with Crippen LogP contribution in [0, 0.1) is 0 Å². The highest BCUT2D eigenvalue weighted by Crippen LogP contribution is 2.46. The van der Waals surface area contributed by atoms with Gasteiger partial charge in [0.15, 0.2) is 3.41 Å². The summed E-state index contributed by atoms with van der Waals surface area (Å²) < 4.78 is -0.561. The fourth-order valence-electron chi connectivity index (χ4n) is 1.36. The van der Waals surface area contributed by atoms with E-state index in [-0.39, 0.29) is 5.78 Å². The molecule has 0 unspecified atom stereocenters. The van der Waals surface area contributed by atoms with Gasteiger partial charge >= 0.3 is 0 Å². The Hall–Kier alpha value is 0.520. The summed E-state index contributed by atoms with van der Waals surface area (Å²) in [6.45, 7) is 0. The molecule has 0 amide bonds. The van der Waals surface area contributed by atoms with Crippen molar-refractivity contribution in [2.24, 2.45) is 0 Å². The van der Waals surface area contributed by atoms with E-state index in [4.69, 9.17) is 23.2 Å².